The fraction of sp³-hybridized carbons (Fsp3) is 0.273. The van der Waals surface area contributed by atoms with Gasteiger partial charge in [0, 0.05) is 10.6 Å². The van der Waals surface area contributed by atoms with Gasteiger partial charge in [0.1, 0.15) is 0 Å². The number of benzene rings is 1. The predicted octanol–water partition coefficient (Wildman–Crippen LogP) is 4.24. The van der Waals surface area contributed by atoms with Gasteiger partial charge in [-0.25, -0.2) is 0 Å². The van der Waals surface area contributed by atoms with Gasteiger partial charge >= 0.3 is 0 Å². The highest BCUT2D eigenvalue weighted by Gasteiger charge is 2.14. The van der Waals surface area contributed by atoms with E-state index in [9.17, 15) is 0 Å². The zero-order valence-electron chi connectivity index (χ0n) is 8.65. The smallest absolute Gasteiger partial charge is 0.240 e. The van der Waals surface area contributed by atoms with Crippen LogP contribution in [0.3, 0.4) is 0 Å². The van der Waals surface area contributed by atoms with Crippen LogP contribution in [0.1, 0.15) is 24.1 Å². The summed E-state index contributed by atoms with van der Waals surface area (Å²) in [5.41, 5.74) is 0.860. The molecule has 1 unspecified atom stereocenters. The number of alkyl halides is 1. The highest BCUT2D eigenvalue weighted by atomic mass is 79.9. The molecule has 2 rings (SSSR count). The molecule has 0 aliphatic heterocycles. The zero-order chi connectivity index (χ0) is 11.5. The van der Waals surface area contributed by atoms with Crippen molar-refractivity contribution in [2.75, 3.05) is 0 Å². The number of rotatable bonds is 3. The first-order valence-corrected chi connectivity index (χ1v) is 6.23. The van der Waals surface area contributed by atoms with Gasteiger partial charge in [0.2, 0.25) is 11.7 Å². The Morgan fingerprint density at radius 2 is 2.31 bits per heavy atom. The van der Waals surface area contributed by atoms with Crippen molar-refractivity contribution in [3.63, 3.8) is 0 Å². The van der Waals surface area contributed by atoms with E-state index in [0.717, 1.165) is 12.0 Å². The van der Waals surface area contributed by atoms with E-state index in [2.05, 4.69) is 26.1 Å². The summed E-state index contributed by atoms with van der Waals surface area (Å²) in [6, 6.07) is 7.38. The molecular formula is C11H10BrClN2O. The Morgan fingerprint density at radius 3 is 3.00 bits per heavy atom. The van der Waals surface area contributed by atoms with Crippen LogP contribution in [0.15, 0.2) is 28.8 Å². The van der Waals surface area contributed by atoms with Gasteiger partial charge in [0.15, 0.2) is 0 Å². The lowest BCUT2D eigenvalue weighted by molar-refractivity contribution is 0.377. The molecule has 3 nitrogen and oxygen atoms in total. The summed E-state index contributed by atoms with van der Waals surface area (Å²) in [4.78, 5) is 4.41. The number of aromatic nitrogens is 2. The van der Waals surface area contributed by atoms with E-state index in [1.54, 1.807) is 0 Å². The van der Waals surface area contributed by atoms with Crippen molar-refractivity contribution in [1.29, 1.82) is 0 Å². The predicted molar refractivity (Wildman–Crippen MR) is 66.7 cm³/mol. The van der Waals surface area contributed by atoms with Gasteiger partial charge in [-0.1, -0.05) is 51.7 Å². The average Bonchev–Trinajstić information content (AvgIpc) is 2.77. The summed E-state index contributed by atoms with van der Waals surface area (Å²) in [7, 11) is 0. The van der Waals surface area contributed by atoms with Crippen LogP contribution in [0.25, 0.3) is 11.4 Å². The molecule has 0 fully saturated rings. The SMILES string of the molecule is CCC(Br)c1nc(-c2cccc(Cl)c2)no1. The normalized spacial score (nSPS) is 12.7. The molecule has 0 aliphatic rings. The maximum atomic E-state index is 5.90. The Hall–Kier alpha value is -0.870. The second-order valence-electron chi connectivity index (χ2n) is 3.34. The van der Waals surface area contributed by atoms with Crippen molar-refractivity contribution in [1.82, 2.24) is 10.1 Å². The molecule has 0 radical (unpaired) electrons. The molecule has 16 heavy (non-hydrogen) atoms. The van der Waals surface area contributed by atoms with Gasteiger partial charge < -0.3 is 4.52 Å². The molecule has 1 aromatic heterocycles. The summed E-state index contributed by atoms with van der Waals surface area (Å²) < 4.78 is 5.16. The van der Waals surface area contributed by atoms with E-state index < -0.39 is 0 Å². The van der Waals surface area contributed by atoms with Crippen LogP contribution < -0.4 is 0 Å². The molecule has 2 aromatic rings. The first-order chi connectivity index (χ1) is 7.70. The number of halogens is 2. The molecule has 1 atom stereocenters. The van der Waals surface area contributed by atoms with Gasteiger partial charge in [-0.15, -0.1) is 0 Å². The lowest BCUT2D eigenvalue weighted by Gasteiger charge is -1.97. The van der Waals surface area contributed by atoms with Gasteiger partial charge in [-0.05, 0) is 18.6 Å². The third-order valence-corrected chi connectivity index (χ3v) is 3.43. The van der Waals surface area contributed by atoms with Gasteiger partial charge in [0.05, 0.1) is 4.83 Å². The molecular weight excluding hydrogens is 291 g/mol. The number of hydrogen-bond donors (Lipinski definition) is 0. The van der Waals surface area contributed by atoms with Crippen molar-refractivity contribution in [2.45, 2.75) is 18.2 Å². The summed E-state index contributed by atoms with van der Waals surface area (Å²) in [5, 5.41) is 4.58. The third kappa shape index (κ3) is 2.44. The maximum absolute atomic E-state index is 5.90. The van der Waals surface area contributed by atoms with Crippen LogP contribution in [0.5, 0.6) is 0 Å². The molecule has 0 spiro atoms. The Bertz CT molecular complexity index is 486. The minimum absolute atomic E-state index is 0.105. The average molecular weight is 302 g/mol. The lowest BCUT2D eigenvalue weighted by Crippen LogP contribution is -1.87. The number of hydrogen-bond acceptors (Lipinski definition) is 3. The second-order valence-corrected chi connectivity index (χ2v) is 4.88. The van der Waals surface area contributed by atoms with Crippen LogP contribution in [-0.2, 0) is 0 Å². The fourth-order valence-corrected chi connectivity index (χ4v) is 1.66. The largest absolute Gasteiger partial charge is 0.338 e. The first kappa shape index (κ1) is 11.6. The molecule has 0 saturated heterocycles. The fourth-order valence-electron chi connectivity index (χ4n) is 1.28. The Balaban J connectivity index is 2.31. The Morgan fingerprint density at radius 1 is 1.50 bits per heavy atom. The quantitative estimate of drug-likeness (QED) is 0.796. The van der Waals surface area contributed by atoms with Crippen molar-refractivity contribution < 1.29 is 4.52 Å². The van der Waals surface area contributed by atoms with Crippen LogP contribution in [0.2, 0.25) is 5.02 Å². The monoisotopic (exact) mass is 300 g/mol. The van der Waals surface area contributed by atoms with E-state index in [4.69, 9.17) is 16.1 Å². The highest BCUT2D eigenvalue weighted by Crippen LogP contribution is 2.27. The molecule has 1 aromatic carbocycles. The standard InChI is InChI=1S/C11H10BrClN2O/c1-2-9(12)11-14-10(15-16-11)7-4-3-5-8(13)6-7/h3-6,9H,2H2,1H3. The van der Waals surface area contributed by atoms with E-state index in [0.29, 0.717) is 16.7 Å². The molecule has 84 valence electrons. The van der Waals surface area contributed by atoms with E-state index >= 15 is 0 Å². The third-order valence-electron chi connectivity index (χ3n) is 2.15. The highest BCUT2D eigenvalue weighted by molar-refractivity contribution is 9.09. The Kier molecular flexibility index (Phi) is 3.61. The minimum Gasteiger partial charge on any atom is -0.338 e. The Labute approximate surface area is 107 Å². The number of nitrogens with zero attached hydrogens (tertiary/aromatic N) is 2. The van der Waals surface area contributed by atoms with Crippen LogP contribution in [-0.4, -0.2) is 10.1 Å². The van der Waals surface area contributed by atoms with Gasteiger partial charge in [0.25, 0.3) is 0 Å². The van der Waals surface area contributed by atoms with Gasteiger partial charge in [-0.2, -0.15) is 4.98 Å². The summed E-state index contributed by atoms with van der Waals surface area (Å²) >= 11 is 9.36. The second kappa shape index (κ2) is 4.97. The van der Waals surface area contributed by atoms with Gasteiger partial charge in [-0.3, -0.25) is 0 Å². The molecule has 0 aliphatic carbocycles. The van der Waals surface area contributed by atoms with E-state index in [-0.39, 0.29) is 4.83 Å². The molecule has 1 heterocycles. The molecule has 0 saturated carbocycles. The summed E-state index contributed by atoms with van der Waals surface area (Å²) in [6.07, 6.45) is 0.900. The van der Waals surface area contributed by atoms with Crippen molar-refractivity contribution in [3.05, 3.63) is 35.2 Å². The molecule has 5 heteroatoms. The summed E-state index contributed by atoms with van der Waals surface area (Å²) in [5.74, 6) is 1.16. The molecule has 0 amide bonds. The van der Waals surface area contributed by atoms with Crippen LogP contribution in [0, 0.1) is 0 Å². The van der Waals surface area contributed by atoms with E-state index in [1.807, 2.05) is 31.2 Å². The molecule has 0 bridgehead atoms. The van der Waals surface area contributed by atoms with Crippen molar-refractivity contribution >= 4 is 27.5 Å². The first-order valence-electron chi connectivity index (χ1n) is 4.94. The van der Waals surface area contributed by atoms with Crippen molar-refractivity contribution in [2.24, 2.45) is 0 Å². The topological polar surface area (TPSA) is 38.9 Å². The minimum atomic E-state index is 0.105. The summed E-state index contributed by atoms with van der Waals surface area (Å²) in [6.45, 7) is 2.04. The maximum Gasteiger partial charge on any atom is 0.240 e. The van der Waals surface area contributed by atoms with Crippen molar-refractivity contribution in [3.8, 4) is 11.4 Å². The van der Waals surface area contributed by atoms with Crippen LogP contribution >= 0.6 is 27.5 Å². The zero-order valence-corrected chi connectivity index (χ0v) is 11.0. The lowest BCUT2D eigenvalue weighted by atomic mass is 10.2. The molecule has 0 N–H and O–H groups in total. The van der Waals surface area contributed by atoms with E-state index in [1.165, 1.54) is 0 Å². The van der Waals surface area contributed by atoms with Crippen LogP contribution in [0.4, 0.5) is 0 Å².